The van der Waals surface area contributed by atoms with E-state index in [1.54, 1.807) is 7.05 Å². The van der Waals surface area contributed by atoms with Crippen molar-refractivity contribution < 1.29 is 12.3 Å². The summed E-state index contributed by atoms with van der Waals surface area (Å²) in [6, 6.07) is 0. The number of hydrogen-bond donors (Lipinski definition) is 1. The Bertz CT molecular complexity index is 159. The van der Waals surface area contributed by atoms with Gasteiger partial charge in [-0.2, -0.15) is 8.42 Å². The minimum absolute atomic E-state index is 0. The highest BCUT2D eigenvalue weighted by molar-refractivity contribution is 7.86. The van der Waals surface area contributed by atoms with Crippen LogP contribution in [-0.2, 0) is 10.2 Å². The van der Waals surface area contributed by atoms with Crippen LogP contribution in [0.3, 0.4) is 0 Å². The van der Waals surface area contributed by atoms with Gasteiger partial charge >= 0.3 is 10.2 Å². The second-order valence-electron chi connectivity index (χ2n) is 1.70. The first-order valence-electron chi connectivity index (χ1n) is 2.63. The smallest absolute Gasteiger partial charge is 0.302 e. The molecule has 0 aromatic rings. The fourth-order valence-corrected chi connectivity index (χ4v) is 0.910. The van der Waals surface area contributed by atoms with E-state index >= 15 is 0 Å². The molecule has 0 aliphatic rings. The average molecular weight is 192 g/mol. The van der Waals surface area contributed by atoms with E-state index in [-0.39, 0.29) is 18.2 Å². The van der Waals surface area contributed by atoms with E-state index < -0.39 is 10.2 Å². The standard InChI is InChI=1S/C4H10FNO2S.ClH/c1-6-3-2-4-9(5,7)8;/h6H,2-4H2,1H3;1H. The molecule has 3 nitrogen and oxygen atoms in total. The zero-order valence-electron chi connectivity index (χ0n) is 5.63. The first-order valence-corrected chi connectivity index (χ1v) is 4.18. The molecule has 10 heavy (non-hydrogen) atoms. The molecule has 0 rings (SSSR count). The molecule has 0 fully saturated rings. The van der Waals surface area contributed by atoms with Gasteiger partial charge in [0.1, 0.15) is 0 Å². The highest BCUT2D eigenvalue weighted by atomic mass is 35.5. The molecule has 6 heteroatoms. The summed E-state index contributed by atoms with van der Waals surface area (Å²) in [5.74, 6) is -0.381. The third-order valence-electron chi connectivity index (χ3n) is 0.815. The van der Waals surface area contributed by atoms with Crippen molar-refractivity contribution in [3.05, 3.63) is 0 Å². The number of nitrogens with one attached hydrogen (secondary N) is 1. The van der Waals surface area contributed by atoms with Gasteiger partial charge in [-0.15, -0.1) is 16.3 Å². The lowest BCUT2D eigenvalue weighted by atomic mass is 10.5. The van der Waals surface area contributed by atoms with Crippen LogP contribution in [0.1, 0.15) is 6.42 Å². The van der Waals surface area contributed by atoms with Crippen LogP contribution in [0.15, 0.2) is 0 Å². The highest BCUT2D eigenvalue weighted by Gasteiger charge is 2.04. The zero-order valence-corrected chi connectivity index (χ0v) is 7.27. The topological polar surface area (TPSA) is 46.2 Å². The summed E-state index contributed by atoms with van der Waals surface area (Å²) in [6.07, 6.45) is 0.329. The second kappa shape index (κ2) is 5.88. The van der Waals surface area contributed by atoms with Crippen molar-refractivity contribution in [2.24, 2.45) is 0 Å². The van der Waals surface area contributed by atoms with E-state index in [1.165, 1.54) is 0 Å². The van der Waals surface area contributed by atoms with Gasteiger partial charge in [-0.25, -0.2) is 0 Å². The summed E-state index contributed by atoms with van der Waals surface area (Å²) >= 11 is 0. The van der Waals surface area contributed by atoms with Gasteiger partial charge in [-0.3, -0.25) is 0 Å². The Kier molecular flexibility index (Phi) is 7.51. The van der Waals surface area contributed by atoms with Gasteiger partial charge in [0.25, 0.3) is 0 Å². The zero-order chi connectivity index (χ0) is 7.33. The van der Waals surface area contributed by atoms with Gasteiger partial charge in [-0.1, -0.05) is 0 Å². The average Bonchev–Trinajstić information content (AvgIpc) is 1.63. The van der Waals surface area contributed by atoms with Crippen LogP contribution < -0.4 is 5.32 Å². The Morgan fingerprint density at radius 3 is 2.30 bits per heavy atom. The van der Waals surface area contributed by atoms with Crippen molar-refractivity contribution in [1.29, 1.82) is 0 Å². The van der Waals surface area contributed by atoms with Crippen molar-refractivity contribution in [3.63, 3.8) is 0 Å². The molecular formula is C4H11ClFNO2S. The van der Waals surface area contributed by atoms with Crippen molar-refractivity contribution in [2.45, 2.75) is 6.42 Å². The van der Waals surface area contributed by atoms with Gasteiger partial charge in [0.05, 0.1) is 5.75 Å². The molecule has 0 heterocycles. The molecule has 0 aromatic carbocycles. The number of halogens is 2. The maximum Gasteiger partial charge on any atom is 0.302 e. The highest BCUT2D eigenvalue weighted by Crippen LogP contribution is 1.92. The van der Waals surface area contributed by atoms with Crippen molar-refractivity contribution in [3.8, 4) is 0 Å². The number of hydrogen-bond acceptors (Lipinski definition) is 3. The van der Waals surface area contributed by atoms with Crippen molar-refractivity contribution in [1.82, 2.24) is 5.32 Å². The maximum atomic E-state index is 11.7. The van der Waals surface area contributed by atoms with Crippen molar-refractivity contribution in [2.75, 3.05) is 19.3 Å². The van der Waals surface area contributed by atoms with Crippen LogP contribution in [0.2, 0.25) is 0 Å². The summed E-state index contributed by atoms with van der Waals surface area (Å²) in [4.78, 5) is 0. The Labute approximate surface area is 66.6 Å². The van der Waals surface area contributed by atoms with Crippen LogP contribution >= 0.6 is 12.4 Å². The minimum Gasteiger partial charge on any atom is -0.320 e. The van der Waals surface area contributed by atoms with Crippen LogP contribution in [0.5, 0.6) is 0 Å². The third kappa shape index (κ3) is 11.0. The Morgan fingerprint density at radius 1 is 1.50 bits per heavy atom. The summed E-state index contributed by atoms with van der Waals surface area (Å²) < 4.78 is 31.3. The van der Waals surface area contributed by atoms with Crippen LogP contribution in [0.25, 0.3) is 0 Å². The maximum absolute atomic E-state index is 11.7. The lowest BCUT2D eigenvalue weighted by molar-refractivity contribution is 0.548. The molecule has 0 saturated heterocycles. The van der Waals surface area contributed by atoms with E-state index in [2.05, 4.69) is 5.32 Å². The molecule has 0 atom stereocenters. The summed E-state index contributed by atoms with van der Waals surface area (Å²) in [6.45, 7) is 0.531. The fourth-order valence-electron chi connectivity index (χ4n) is 0.421. The second-order valence-corrected chi connectivity index (χ2v) is 3.19. The van der Waals surface area contributed by atoms with Gasteiger partial charge < -0.3 is 5.32 Å². The summed E-state index contributed by atoms with van der Waals surface area (Å²) in [7, 11) is -2.55. The summed E-state index contributed by atoms with van der Waals surface area (Å²) in [5, 5.41) is 2.71. The Balaban J connectivity index is 0. The van der Waals surface area contributed by atoms with Gasteiger partial charge in [0, 0.05) is 0 Å². The van der Waals surface area contributed by atoms with Gasteiger partial charge in [0.2, 0.25) is 0 Å². The molecule has 0 spiro atoms. The van der Waals surface area contributed by atoms with Crippen LogP contribution in [-0.4, -0.2) is 27.8 Å². The molecule has 0 radical (unpaired) electrons. The molecule has 0 unspecified atom stereocenters. The third-order valence-corrected chi connectivity index (χ3v) is 1.59. The van der Waals surface area contributed by atoms with E-state index in [9.17, 15) is 12.3 Å². The Hall–Kier alpha value is 0.130. The van der Waals surface area contributed by atoms with Crippen LogP contribution in [0, 0.1) is 0 Å². The molecule has 64 valence electrons. The quantitative estimate of drug-likeness (QED) is 0.514. The monoisotopic (exact) mass is 191 g/mol. The predicted molar refractivity (Wildman–Crippen MR) is 40.7 cm³/mol. The number of rotatable bonds is 4. The van der Waals surface area contributed by atoms with Gasteiger partial charge in [-0.05, 0) is 20.0 Å². The van der Waals surface area contributed by atoms with Crippen LogP contribution in [0.4, 0.5) is 3.89 Å². The summed E-state index contributed by atoms with van der Waals surface area (Å²) in [5.41, 5.74) is 0. The minimum atomic E-state index is -4.24. The molecule has 0 aliphatic heterocycles. The normalized spacial score (nSPS) is 10.6. The first-order chi connectivity index (χ1) is 4.06. The lowest BCUT2D eigenvalue weighted by Gasteiger charge is -1.93. The van der Waals surface area contributed by atoms with E-state index in [4.69, 9.17) is 0 Å². The molecule has 0 bridgehead atoms. The Morgan fingerprint density at radius 2 is 2.00 bits per heavy atom. The molecular weight excluding hydrogens is 181 g/mol. The van der Waals surface area contributed by atoms with E-state index in [1.807, 2.05) is 0 Å². The molecule has 0 aromatic heterocycles. The first kappa shape index (κ1) is 12.8. The lowest BCUT2D eigenvalue weighted by Crippen LogP contribution is -2.11. The fraction of sp³-hybridized carbons (Fsp3) is 1.00. The molecule has 1 N–H and O–H groups in total. The van der Waals surface area contributed by atoms with E-state index in [0.717, 1.165) is 0 Å². The van der Waals surface area contributed by atoms with E-state index in [0.29, 0.717) is 13.0 Å². The molecule has 0 amide bonds. The molecule has 0 saturated carbocycles. The van der Waals surface area contributed by atoms with Gasteiger partial charge in [0.15, 0.2) is 0 Å². The predicted octanol–water partition coefficient (Wildman–Crippen LogP) is 0.317. The van der Waals surface area contributed by atoms with Crippen molar-refractivity contribution >= 4 is 22.6 Å². The molecule has 0 aliphatic carbocycles. The largest absolute Gasteiger partial charge is 0.320 e. The SMILES string of the molecule is CNCCCS(=O)(=O)F.Cl.